The van der Waals surface area contributed by atoms with Crippen LogP contribution < -0.4 is 9.64 Å². The standard InChI is InChI=1S/C32H29NO4/c1-4-31-24(20-14-8-6-9-15-20)25(21-16-10-7-11-17-21)32(5-2,30(31)36)27-26(31)28(34)33(29(27)35)22-18-12-13-19-23(22)37-3/h6-19,26-27H,4-5H2,1-3H3/t26-,27+,31+,32-. The molecule has 0 unspecified atom stereocenters. The molecule has 3 aromatic carbocycles. The van der Waals surface area contributed by atoms with Crippen molar-refractivity contribution in [2.75, 3.05) is 12.0 Å². The summed E-state index contributed by atoms with van der Waals surface area (Å²) in [6.45, 7) is 3.95. The molecule has 3 aromatic rings. The first kappa shape index (κ1) is 23.4. The van der Waals surface area contributed by atoms with Crippen molar-refractivity contribution in [3.05, 3.63) is 96.1 Å². The van der Waals surface area contributed by atoms with E-state index >= 15 is 0 Å². The Hall–Kier alpha value is -3.99. The van der Waals surface area contributed by atoms with E-state index in [1.807, 2.05) is 80.6 Å². The van der Waals surface area contributed by atoms with Gasteiger partial charge in [0.15, 0.2) is 5.78 Å². The Morgan fingerprint density at radius 2 is 1.11 bits per heavy atom. The van der Waals surface area contributed by atoms with Crippen LogP contribution in [0, 0.1) is 22.7 Å². The van der Waals surface area contributed by atoms with Gasteiger partial charge < -0.3 is 4.74 Å². The van der Waals surface area contributed by atoms with E-state index < -0.39 is 22.7 Å². The maximum Gasteiger partial charge on any atom is 0.239 e. The third-order valence-corrected chi connectivity index (χ3v) is 8.89. The van der Waals surface area contributed by atoms with Crippen LogP contribution in [-0.2, 0) is 14.4 Å². The van der Waals surface area contributed by atoms with Crippen molar-refractivity contribution in [2.45, 2.75) is 26.7 Å². The molecule has 3 aliphatic rings. The van der Waals surface area contributed by atoms with Crippen molar-refractivity contribution >= 4 is 34.4 Å². The van der Waals surface area contributed by atoms with E-state index in [4.69, 9.17) is 4.74 Å². The Kier molecular flexibility index (Phi) is 5.23. The first-order valence-corrected chi connectivity index (χ1v) is 12.9. The molecule has 0 spiro atoms. The van der Waals surface area contributed by atoms with Gasteiger partial charge in [0.2, 0.25) is 11.8 Å². The average molecular weight is 492 g/mol. The smallest absolute Gasteiger partial charge is 0.239 e. The fourth-order valence-corrected chi connectivity index (χ4v) is 7.51. The highest BCUT2D eigenvalue weighted by Gasteiger charge is 2.80. The summed E-state index contributed by atoms with van der Waals surface area (Å²) in [5.74, 6) is -1.68. The summed E-state index contributed by atoms with van der Waals surface area (Å²) in [4.78, 5) is 44.6. The lowest BCUT2D eigenvalue weighted by Gasteiger charge is -2.38. The maximum atomic E-state index is 14.7. The molecule has 0 N–H and O–H groups in total. The number of hydrogen-bond acceptors (Lipinski definition) is 4. The number of rotatable bonds is 6. The SMILES string of the molecule is CC[C@@]12C(=O)[C@@](CC)(C(c3ccccc3)=C1c1ccccc1)[C@H]1C(=O)N(c3ccccc3OC)C(=O)[C@H]12. The fraction of sp³-hybridized carbons (Fsp3) is 0.281. The van der Waals surface area contributed by atoms with Gasteiger partial charge in [0.1, 0.15) is 5.75 Å². The first-order valence-electron chi connectivity index (χ1n) is 12.9. The molecule has 1 aliphatic heterocycles. The van der Waals surface area contributed by atoms with Crippen LogP contribution in [0.2, 0.25) is 0 Å². The van der Waals surface area contributed by atoms with Gasteiger partial charge in [0.05, 0.1) is 35.5 Å². The number of ether oxygens (including phenoxy) is 1. The van der Waals surface area contributed by atoms with Crippen molar-refractivity contribution in [3.63, 3.8) is 0 Å². The quantitative estimate of drug-likeness (QED) is 0.409. The molecule has 0 aromatic heterocycles. The van der Waals surface area contributed by atoms with E-state index in [2.05, 4.69) is 0 Å². The molecule has 2 fully saturated rings. The average Bonchev–Trinajstić information content (AvgIpc) is 3.45. The number of methoxy groups -OCH3 is 1. The predicted octanol–water partition coefficient (Wildman–Crippen LogP) is 5.80. The second-order valence-corrected chi connectivity index (χ2v) is 10.1. The molecule has 186 valence electrons. The summed E-state index contributed by atoms with van der Waals surface area (Å²) in [6, 6.07) is 26.9. The van der Waals surface area contributed by atoms with E-state index in [0.717, 1.165) is 22.3 Å². The second-order valence-electron chi connectivity index (χ2n) is 10.1. The van der Waals surface area contributed by atoms with E-state index in [9.17, 15) is 14.4 Å². The summed E-state index contributed by atoms with van der Waals surface area (Å²) < 4.78 is 5.53. The molecular weight excluding hydrogens is 462 g/mol. The summed E-state index contributed by atoms with van der Waals surface area (Å²) in [6.07, 6.45) is 0.877. The van der Waals surface area contributed by atoms with E-state index in [1.165, 1.54) is 12.0 Å². The highest BCUT2D eigenvalue weighted by Crippen LogP contribution is 2.75. The molecular formula is C32H29NO4. The molecule has 2 amide bonds. The van der Waals surface area contributed by atoms with Crippen LogP contribution in [-0.4, -0.2) is 24.7 Å². The third-order valence-electron chi connectivity index (χ3n) is 8.89. The topological polar surface area (TPSA) is 63.7 Å². The Labute approximate surface area is 216 Å². The molecule has 5 nitrogen and oxygen atoms in total. The van der Waals surface area contributed by atoms with Crippen molar-refractivity contribution in [3.8, 4) is 5.75 Å². The van der Waals surface area contributed by atoms with Crippen LogP contribution in [0.3, 0.4) is 0 Å². The highest BCUT2D eigenvalue weighted by atomic mass is 16.5. The number of hydrogen-bond donors (Lipinski definition) is 0. The minimum absolute atomic E-state index is 0.0130. The van der Waals surface area contributed by atoms with Gasteiger partial charge in [0, 0.05) is 0 Å². The number of amides is 2. The number of allylic oxidation sites excluding steroid dienone is 2. The van der Waals surface area contributed by atoms with Gasteiger partial charge in [-0.2, -0.15) is 0 Å². The Balaban J connectivity index is 1.67. The van der Waals surface area contributed by atoms with Gasteiger partial charge in [-0.1, -0.05) is 86.6 Å². The number of imide groups is 1. The summed E-state index contributed by atoms with van der Waals surface area (Å²) in [5, 5.41) is 0. The minimum atomic E-state index is -1.09. The number of carbonyl (C=O) groups is 3. The minimum Gasteiger partial charge on any atom is -0.495 e. The van der Waals surface area contributed by atoms with Crippen molar-refractivity contribution < 1.29 is 19.1 Å². The monoisotopic (exact) mass is 491 g/mol. The summed E-state index contributed by atoms with van der Waals surface area (Å²) >= 11 is 0. The van der Waals surface area contributed by atoms with Gasteiger partial charge >= 0.3 is 0 Å². The van der Waals surface area contributed by atoms with Gasteiger partial charge in [-0.3, -0.25) is 14.4 Å². The van der Waals surface area contributed by atoms with E-state index in [1.54, 1.807) is 18.2 Å². The van der Waals surface area contributed by atoms with Crippen LogP contribution in [0.4, 0.5) is 5.69 Å². The van der Waals surface area contributed by atoms with Crippen molar-refractivity contribution in [1.82, 2.24) is 0 Å². The van der Waals surface area contributed by atoms with Gasteiger partial charge in [-0.25, -0.2) is 4.90 Å². The zero-order chi connectivity index (χ0) is 25.9. The lowest BCUT2D eigenvalue weighted by Crippen LogP contribution is -2.42. The van der Waals surface area contributed by atoms with Crippen LogP contribution in [0.1, 0.15) is 37.8 Å². The molecule has 2 aliphatic carbocycles. The predicted molar refractivity (Wildman–Crippen MR) is 143 cm³/mol. The number of fused-ring (bicyclic) bond motifs is 5. The largest absolute Gasteiger partial charge is 0.495 e. The van der Waals surface area contributed by atoms with Crippen molar-refractivity contribution in [2.24, 2.45) is 22.7 Å². The lowest BCUT2D eigenvalue weighted by atomic mass is 9.60. The van der Waals surface area contributed by atoms with Gasteiger partial charge in [0.25, 0.3) is 0 Å². The zero-order valence-electron chi connectivity index (χ0n) is 21.2. The second kappa shape index (κ2) is 8.27. The Bertz CT molecular complexity index is 1370. The zero-order valence-corrected chi connectivity index (χ0v) is 21.2. The number of benzene rings is 3. The van der Waals surface area contributed by atoms with Gasteiger partial charge in [-0.15, -0.1) is 0 Å². The first-order chi connectivity index (χ1) is 18.0. The van der Waals surface area contributed by atoms with Gasteiger partial charge in [-0.05, 0) is 47.2 Å². The highest BCUT2D eigenvalue weighted by molar-refractivity contribution is 6.35. The number of para-hydroxylation sites is 2. The Morgan fingerprint density at radius 1 is 0.676 bits per heavy atom. The van der Waals surface area contributed by atoms with Crippen LogP contribution in [0.5, 0.6) is 5.75 Å². The van der Waals surface area contributed by atoms with Crippen molar-refractivity contribution in [1.29, 1.82) is 0 Å². The molecule has 5 heteroatoms. The number of anilines is 1. The van der Waals surface area contributed by atoms with Crippen LogP contribution in [0.15, 0.2) is 84.9 Å². The van der Waals surface area contributed by atoms with Crippen LogP contribution >= 0.6 is 0 Å². The number of nitrogens with zero attached hydrogens (tertiary/aromatic N) is 1. The molecule has 1 saturated heterocycles. The summed E-state index contributed by atoms with van der Waals surface area (Å²) in [7, 11) is 1.53. The molecule has 2 bridgehead atoms. The van der Waals surface area contributed by atoms with E-state index in [-0.39, 0.29) is 17.6 Å². The number of carbonyl (C=O) groups excluding carboxylic acids is 3. The molecule has 37 heavy (non-hydrogen) atoms. The molecule has 4 atom stereocenters. The number of Topliss-reactive ketones (excluding diaryl/α,β-unsaturated/α-hetero) is 1. The number of ketones is 1. The molecule has 0 radical (unpaired) electrons. The molecule has 6 rings (SSSR count). The normalized spacial score (nSPS) is 28.3. The maximum absolute atomic E-state index is 14.7. The Morgan fingerprint density at radius 3 is 1.54 bits per heavy atom. The lowest BCUT2D eigenvalue weighted by molar-refractivity contribution is -0.134. The van der Waals surface area contributed by atoms with Crippen LogP contribution in [0.25, 0.3) is 11.1 Å². The summed E-state index contributed by atoms with van der Waals surface area (Å²) in [5.41, 5.74) is 1.92. The molecule has 1 saturated carbocycles. The van der Waals surface area contributed by atoms with E-state index in [0.29, 0.717) is 24.3 Å². The third kappa shape index (κ3) is 2.72. The fourth-order valence-electron chi connectivity index (χ4n) is 7.51. The molecule has 1 heterocycles.